The third-order valence-electron chi connectivity index (χ3n) is 9.93. The first-order chi connectivity index (χ1) is 18.5. The Bertz CT molecular complexity index is 1530. The van der Waals surface area contributed by atoms with Crippen LogP contribution in [-0.4, -0.2) is 44.7 Å². The number of Topliss-reactive ketones (excluding diaryl/α,β-unsaturated/α-hetero) is 5. The molecule has 210 valence electrons. The molecule has 0 spiro atoms. The minimum atomic E-state index is -2.69. The lowest BCUT2D eigenvalue weighted by Gasteiger charge is -2.61. The molecule has 0 radical (unpaired) electrons. The molecule has 2 aromatic carbocycles. The highest BCUT2D eigenvalue weighted by molar-refractivity contribution is 6.32. The van der Waals surface area contributed by atoms with Gasteiger partial charge < -0.3 is 10.2 Å². The molecule has 2 N–H and O–H groups in total. The largest absolute Gasteiger partial charge is 0.507 e. The van der Waals surface area contributed by atoms with E-state index in [2.05, 4.69) is 0 Å². The predicted molar refractivity (Wildman–Crippen MR) is 148 cm³/mol. The lowest BCUT2D eigenvalue weighted by Crippen LogP contribution is -2.76. The van der Waals surface area contributed by atoms with Gasteiger partial charge in [0.05, 0.1) is 11.5 Å². The Kier molecular flexibility index (Phi) is 6.16. The fourth-order valence-electron chi connectivity index (χ4n) is 8.50. The predicted octanol–water partition coefficient (Wildman–Crippen LogP) is 4.38. The Morgan fingerprint density at radius 2 is 1.60 bits per heavy atom. The van der Waals surface area contributed by atoms with Crippen molar-refractivity contribution in [3.8, 4) is 16.9 Å². The molecule has 2 fully saturated rings. The van der Waals surface area contributed by atoms with E-state index in [1.807, 2.05) is 32.0 Å². The van der Waals surface area contributed by atoms with Crippen molar-refractivity contribution in [2.24, 2.45) is 34.5 Å². The molecule has 3 aliphatic rings. The Morgan fingerprint density at radius 3 is 2.17 bits per heavy atom. The van der Waals surface area contributed by atoms with Crippen LogP contribution in [0.25, 0.3) is 11.1 Å². The molecule has 7 heteroatoms. The summed E-state index contributed by atoms with van der Waals surface area (Å²) in [5.74, 6) is -8.86. The van der Waals surface area contributed by atoms with Crippen molar-refractivity contribution < 1.29 is 34.2 Å². The number of rotatable bonds is 3. The van der Waals surface area contributed by atoms with E-state index >= 15 is 0 Å². The third-order valence-corrected chi connectivity index (χ3v) is 9.93. The molecule has 5 rings (SSSR count). The minimum Gasteiger partial charge on any atom is -0.507 e. The number of hydrogen-bond acceptors (Lipinski definition) is 7. The maximum Gasteiger partial charge on any atom is 0.190 e. The molecule has 0 aromatic heterocycles. The molecule has 2 saturated carbocycles. The summed E-state index contributed by atoms with van der Waals surface area (Å²) in [6.07, 6.45) is 0.252. The van der Waals surface area contributed by atoms with Gasteiger partial charge in [-0.05, 0) is 73.3 Å². The van der Waals surface area contributed by atoms with Gasteiger partial charge in [-0.15, -0.1) is 0 Å². The highest BCUT2D eigenvalue weighted by Crippen LogP contribution is 2.64. The maximum atomic E-state index is 14.4. The summed E-state index contributed by atoms with van der Waals surface area (Å²) in [6.45, 7) is 12.0. The van der Waals surface area contributed by atoms with E-state index in [4.69, 9.17) is 0 Å². The zero-order chi connectivity index (χ0) is 29.7. The van der Waals surface area contributed by atoms with E-state index < -0.39 is 63.1 Å². The van der Waals surface area contributed by atoms with Crippen LogP contribution in [0.2, 0.25) is 0 Å². The molecular weight excluding hydrogens is 508 g/mol. The van der Waals surface area contributed by atoms with Crippen LogP contribution in [0.3, 0.4) is 0 Å². The number of carbonyl (C=O) groups is 5. The van der Waals surface area contributed by atoms with Crippen LogP contribution in [0.15, 0.2) is 30.3 Å². The number of phenolic OH excluding ortho intramolecular Hbond substituents is 1. The van der Waals surface area contributed by atoms with E-state index in [-0.39, 0.29) is 30.1 Å². The first-order valence-corrected chi connectivity index (χ1v) is 13.8. The first kappa shape index (κ1) is 28.1. The van der Waals surface area contributed by atoms with Gasteiger partial charge in [0.2, 0.25) is 0 Å². The second kappa shape index (κ2) is 8.77. The van der Waals surface area contributed by atoms with Gasteiger partial charge in [0.25, 0.3) is 0 Å². The van der Waals surface area contributed by atoms with Crippen molar-refractivity contribution in [3.63, 3.8) is 0 Å². The van der Waals surface area contributed by atoms with Gasteiger partial charge in [-0.3, -0.25) is 24.0 Å². The average Bonchev–Trinajstić information content (AvgIpc) is 2.81. The molecule has 2 aromatic rings. The van der Waals surface area contributed by atoms with Crippen LogP contribution in [-0.2, 0) is 25.6 Å². The smallest absolute Gasteiger partial charge is 0.190 e. The van der Waals surface area contributed by atoms with Crippen molar-refractivity contribution in [2.45, 2.75) is 66.9 Å². The molecule has 0 amide bonds. The van der Waals surface area contributed by atoms with E-state index in [9.17, 15) is 34.2 Å². The number of benzene rings is 2. The summed E-state index contributed by atoms with van der Waals surface area (Å²) in [4.78, 5) is 68.4. The number of ketones is 5. The van der Waals surface area contributed by atoms with Gasteiger partial charge in [0, 0.05) is 11.3 Å². The van der Waals surface area contributed by atoms with E-state index in [1.165, 1.54) is 6.07 Å². The van der Waals surface area contributed by atoms with Gasteiger partial charge >= 0.3 is 0 Å². The van der Waals surface area contributed by atoms with Crippen molar-refractivity contribution in [1.82, 2.24) is 0 Å². The van der Waals surface area contributed by atoms with Crippen LogP contribution in [0, 0.1) is 48.3 Å². The summed E-state index contributed by atoms with van der Waals surface area (Å²) < 4.78 is 0. The van der Waals surface area contributed by atoms with Gasteiger partial charge in [-0.25, -0.2) is 0 Å². The molecular formula is C33H36O7. The number of carbonyl (C=O) groups excluding carboxylic acids is 5. The number of fused-ring (bicyclic) bond motifs is 3. The van der Waals surface area contributed by atoms with Crippen molar-refractivity contribution in [3.05, 3.63) is 52.6 Å². The average molecular weight is 545 g/mol. The molecule has 3 unspecified atom stereocenters. The molecule has 40 heavy (non-hydrogen) atoms. The maximum absolute atomic E-state index is 14.4. The summed E-state index contributed by atoms with van der Waals surface area (Å²) in [6, 6.07) is 9.18. The third kappa shape index (κ3) is 3.43. The fraction of sp³-hybridized carbons (Fsp3) is 0.485. The summed E-state index contributed by atoms with van der Waals surface area (Å²) in [5.41, 5.74) is -0.914. The highest BCUT2D eigenvalue weighted by atomic mass is 16.3. The Labute approximate surface area is 234 Å². The fourth-order valence-corrected chi connectivity index (χ4v) is 8.50. The second-order valence-electron chi connectivity index (χ2n) is 13.1. The molecule has 0 saturated heterocycles. The van der Waals surface area contributed by atoms with Crippen LogP contribution in [0.4, 0.5) is 0 Å². The molecule has 0 bridgehead atoms. The Hall–Kier alpha value is -3.45. The SMILES string of the molecule is CC(=O)C1C(=O)C(C(C)C)[C@@]2(C)C[C@@]3(C)Cc4c(-c5ccc(C)cc5C)ccc(O)c4C(=O)C3C(=O)[C@@]2(O)C1=O. The topological polar surface area (TPSA) is 126 Å². The monoisotopic (exact) mass is 544 g/mol. The lowest BCUT2D eigenvalue weighted by atomic mass is 9.40. The second-order valence-corrected chi connectivity index (χ2v) is 13.1. The van der Waals surface area contributed by atoms with Crippen molar-refractivity contribution in [2.75, 3.05) is 0 Å². The minimum absolute atomic E-state index is 0.0170. The van der Waals surface area contributed by atoms with Crippen LogP contribution < -0.4 is 0 Å². The van der Waals surface area contributed by atoms with Crippen LogP contribution in [0.5, 0.6) is 5.75 Å². The number of aliphatic hydroxyl groups is 1. The molecule has 6 atom stereocenters. The Balaban J connectivity index is 1.76. The quantitative estimate of drug-likeness (QED) is 0.550. The first-order valence-electron chi connectivity index (χ1n) is 13.8. The van der Waals surface area contributed by atoms with Crippen LogP contribution >= 0.6 is 0 Å². The molecule has 7 nitrogen and oxygen atoms in total. The van der Waals surface area contributed by atoms with Gasteiger partial charge in [-0.1, -0.05) is 57.5 Å². The number of phenols is 1. The lowest BCUT2D eigenvalue weighted by molar-refractivity contribution is -0.205. The van der Waals surface area contributed by atoms with Gasteiger partial charge in [0.1, 0.15) is 17.5 Å². The van der Waals surface area contributed by atoms with Gasteiger partial charge in [-0.2, -0.15) is 0 Å². The van der Waals surface area contributed by atoms with E-state index in [0.717, 1.165) is 29.2 Å². The standard InChI is InChI=1S/C33H36O7/c1-15(2)25-27(36)23(18(5)34)29(38)33(40)30(39)26-28(37)24-21(13-31(26,6)14-32(25,33)7)20(10-11-22(24)35)19-9-8-16(3)12-17(19)4/h8-12,15,23,25-26,35,40H,13-14H2,1-7H3/t23?,25?,26?,31-,32-,33+/m1/s1. The normalized spacial score (nSPS) is 33.5. The van der Waals surface area contributed by atoms with E-state index in [1.54, 1.807) is 33.8 Å². The van der Waals surface area contributed by atoms with E-state index in [0.29, 0.717) is 5.56 Å². The van der Waals surface area contributed by atoms with Crippen molar-refractivity contribution in [1.29, 1.82) is 0 Å². The number of aromatic hydroxyl groups is 1. The zero-order valence-electron chi connectivity index (χ0n) is 24.0. The van der Waals surface area contributed by atoms with Crippen LogP contribution in [0.1, 0.15) is 68.1 Å². The van der Waals surface area contributed by atoms with Gasteiger partial charge in [0.15, 0.2) is 28.7 Å². The van der Waals surface area contributed by atoms with Crippen molar-refractivity contribution >= 4 is 28.9 Å². The molecule has 3 aliphatic carbocycles. The molecule has 0 heterocycles. The highest BCUT2D eigenvalue weighted by Gasteiger charge is 2.76. The summed E-state index contributed by atoms with van der Waals surface area (Å²) in [7, 11) is 0. The summed E-state index contributed by atoms with van der Waals surface area (Å²) in [5, 5.41) is 23.0. The zero-order valence-corrected chi connectivity index (χ0v) is 24.0. The number of hydrogen-bond donors (Lipinski definition) is 2. The summed E-state index contributed by atoms with van der Waals surface area (Å²) >= 11 is 0. The number of aryl methyl sites for hydroxylation is 2. The molecule has 0 aliphatic heterocycles. The Morgan fingerprint density at radius 1 is 0.975 bits per heavy atom.